The van der Waals surface area contributed by atoms with E-state index in [0.717, 1.165) is 19.3 Å². The second-order valence-corrected chi connectivity index (χ2v) is 19.6. The summed E-state index contributed by atoms with van der Waals surface area (Å²) in [5.41, 5.74) is 3.63. The first-order valence-corrected chi connectivity index (χ1v) is 28.7. The van der Waals surface area contributed by atoms with Crippen LogP contribution in [0.4, 0.5) is 0 Å². The Hall–Kier alpha value is -1.82. The molecule has 0 heteroatoms. The van der Waals surface area contributed by atoms with E-state index in [9.17, 15) is 0 Å². The molecule has 0 saturated heterocycles. The van der Waals surface area contributed by atoms with E-state index in [1.54, 1.807) is 11.1 Å². The Morgan fingerprint density at radius 1 is 0.333 bits per heavy atom. The predicted molar refractivity (Wildman–Crippen MR) is 292 cm³/mol. The van der Waals surface area contributed by atoms with Gasteiger partial charge in [-0.2, -0.15) is 0 Å². The maximum atomic E-state index is 2.82. The highest BCUT2D eigenvalue weighted by molar-refractivity contribution is 5.34. The van der Waals surface area contributed by atoms with Gasteiger partial charge in [0.1, 0.15) is 0 Å². The molecule has 0 aromatic heterocycles. The number of hydrogen-bond donors (Lipinski definition) is 0. The molecule has 0 aliphatic heterocycles. The molecule has 2 atom stereocenters. The summed E-state index contributed by atoms with van der Waals surface area (Å²) >= 11 is 0. The average Bonchev–Trinajstić information content (AvgIpc) is 3.29. The zero-order chi connectivity index (χ0) is 46.0. The summed E-state index contributed by atoms with van der Waals surface area (Å²) in [6.07, 6.45) is 83.4. The fourth-order valence-electron chi connectivity index (χ4n) is 9.42. The Morgan fingerprint density at radius 3 is 1.32 bits per heavy atom. The van der Waals surface area contributed by atoms with Crippen LogP contribution in [-0.2, 0) is 0 Å². The molecule has 0 fully saturated rings. The van der Waals surface area contributed by atoms with Gasteiger partial charge >= 0.3 is 0 Å². The summed E-state index contributed by atoms with van der Waals surface area (Å²) in [5.74, 6) is 0.450. The van der Waals surface area contributed by atoms with E-state index in [1.807, 2.05) is 0 Å². The normalized spacial score (nSPS) is 14.5. The van der Waals surface area contributed by atoms with E-state index < -0.39 is 0 Å². The fourth-order valence-corrected chi connectivity index (χ4v) is 9.42. The van der Waals surface area contributed by atoms with Crippen molar-refractivity contribution in [2.45, 2.75) is 305 Å². The summed E-state index contributed by atoms with van der Waals surface area (Å²) in [6, 6.07) is 0. The number of allylic oxidation sites excluding steroid dienone is 14. The van der Waals surface area contributed by atoms with Crippen molar-refractivity contribution in [3.05, 3.63) is 84.1 Å². The second kappa shape index (κ2) is 49.6. The van der Waals surface area contributed by atoms with E-state index in [1.165, 1.54) is 238 Å². The monoisotopic (exact) mass is 871 g/mol. The predicted octanol–water partition coefficient (Wildman–Crippen LogP) is 23.0. The van der Waals surface area contributed by atoms with Gasteiger partial charge in [0.15, 0.2) is 0 Å². The molecule has 0 saturated carbocycles. The fraction of sp³-hybridized carbons (Fsp3) is 0.778. The zero-order valence-electron chi connectivity index (χ0n) is 44.3. The minimum Gasteiger partial charge on any atom is -0.0885 e. The minimum atomic E-state index is 0.210. The van der Waals surface area contributed by atoms with Gasteiger partial charge < -0.3 is 0 Å². The molecule has 0 radical (unpaired) electrons. The lowest BCUT2D eigenvalue weighted by Crippen LogP contribution is -2.32. The summed E-state index contributed by atoms with van der Waals surface area (Å²) in [4.78, 5) is 0. The van der Waals surface area contributed by atoms with Gasteiger partial charge in [0, 0.05) is 5.92 Å². The molecule has 0 amide bonds. The van der Waals surface area contributed by atoms with Gasteiger partial charge in [-0.25, -0.2) is 0 Å². The zero-order valence-corrected chi connectivity index (χ0v) is 44.3. The lowest BCUT2D eigenvalue weighted by molar-refractivity contribution is 0.179. The Kier molecular flexibility index (Phi) is 48.2. The Labute approximate surface area is 399 Å². The molecular formula is C63H114. The van der Waals surface area contributed by atoms with Gasteiger partial charge in [-0.15, -0.1) is 0 Å². The van der Waals surface area contributed by atoms with Gasteiger partial charge in [0.05, 0.1) is 0 Å². The van der Waals surface area contributed by atoms with Crippen molar-refractivity contribution in [3.63, 3.8) is 0 Å². The van der Waals surface area contributed by atoms with Gasteiger partial charge in [-0.1, -0.05) is 268 Å². The summed E-state index contributed by atoms with van der Waals surface area (Å²) in [6.45, 7) is 16.4. The maximum Gasteiger partial charge on any atom is 0.00452 e. The van der Waals surface area contributed by atoms with Crippen LogP contribution < -0.4 is 0 Å². The van der Waals surface area contributed by atoms with Gasteiger partial charge in [-0.3, -0.25) is 0 Å². The SMILES string of the molecule is CCCCC=CCCC(CC=CCCCCC)(CCCCCC)C(/C=C/CCCCCCC)/C(CC=CCCCCCC)=C(\C=C\CCCCCCCC)CCC=CCCCCC. The molecular weight excluding hydrogens is 757 g/mol. The van der Waals surface area contributed by atoms with E-state index in [2.05, 4.69) is 121 Å². The van der Waals surface area contributed by atoms with Crippen molar-refractivity contribution in [1.82, 2.24) is 0 Å². The van der Waals surface area contributed by atoms with Gasteiger partial charge in [0.25, 0.3) is 0 Å². The standard InChI is InChI=1S/C63H114/c1-8-15-22-29-35-39-41-47-54-60(53-46-40-36-30-23-16-9-2)61(55-48-42-37-31-24-17-10-3)62(56-49-43-38-32-25-18-11-4)63(57-50-28-21-14-7,58-51-44-33-26-19-12-5)59-52-45-34-27-20-13-6/h33,36,40,42,44-45,47-49,52,54,56,62H,8-32,34-35,37-39,41,43,46,50-51,53,55,57-59H2,1-7H3/b40-36?,44-33?,48-42?,52-45?,54-47+,56-49+,61-60-. The van der Waals surface area contributed by atoms with E-state index >= 15 is 0 Å². The number of hydrogen-bond acceptors (Lipinski definition) is 0. The molecule has 0 aliphatic carbocycles. The van der Waals surface area contributed by atoms with Crippen molar-refractivity contribution in [2.75, 3.05) is 0 Å². The third-order valence-corrected chi connectivity index (χ3v) is 13.6. The number of unbranched alkanes of at least 4 members (excludes halogenated alkanes) is 26. The van der Waals surface area contributed by atoms with Crippen LogP contribution in [0.3, 0.4) is 0 Å². The molecule has 0 nitrogen and oxygen atoms in total. The Balaban J connectivity index is 7.76. The van der Waals surface area contributed by atoms with Gasteiger partial charge in [0.2, 0.25) is 0 Å². The Morgan fingerprint density at radius 2 is 0.730 bits per heavy atom. The first kappa shape index (κ1) is 61.2. The van der Waals surface area contributed by atoms with E-state index in [4.69, 9.17) is 0 Å². The quantitative estimate of drug-likeness (QED) is 0.0325. The minimum absolute atomic E-state index is 0.210. The molecule has 0 bridgehead atoms. The van der Waals surface area contributed by atoms with Crippen molar-refractivity contribution in [2.24, 2.45) is 11.3 Å². The van der Waals surface area contributed by atoms with Crippen molar-refractivity contribution in [1.29, 1.82) is 0 Å². The third-order valence-electron chi connectivity index (χ3n) is 13.6. The van der Waals surface area contributed by atoms with Crippen LogP contribution in [0, 0.1) is 11.3 Å². The molecule has 0 rings (SSSR count). The van der Waals surface area contributed by atoms with Crippen LogP contribution in [0.15, 0.2) is 84.1 Å². The Bertz CT molecular complexity index is 1140. The lowest BCUT2D eigenvalue weighted by Gasteiger charge is -2.42. The molecule has 0 aliphatic rings. The van der Waals surface area contributed by atoms with Crippen LogP contribution in [0.1, 0.15) is 305 Å². The highest BCUT2D eigenvalue weighted by Gasteiger charge is 2.38. The highest BCUT2D eigenvalue weighted by atomic mass is 14.4. The number of rotatable bonds is 48. The van der Waals surface area contributed by atoms with Crippen LogP contribution in [-0.4, -0.2) is 0 Å². The smallest absolute Gasteiger partial charge is 0.00452 e. The van der Waals surface area contributed by atoms with Crippen molar-refractivity contribution >= 4 is 0 Å². The lowest BCUT2D eigenvalue weighted by atomic mass is 9.62. The van der Waals surface area contributed by atoms with E-state index in [-0.39, 0.29) is 5.41 Å². The molecule has 0 spiro atoms. The van der Waals surface area contributed by atoms with Gasteiger partial charge in [-0.05, 0) is 127 Å². The molecule has 2 unspecified atom stereocenters. The second-order valence-electron chi connectivity index (χ2n) is 19.6. The highest BCUT2D eigenvalue weighted by Crippen LogP contribution is 2.49. The summed E-state index contributed by atoms with van der Waals surface area (Å²) < 4.78 is 0. The van der Waals surface area contributed by atoms with E-state index in [0.29, 0.717) is 5.92 Å². The summed E-state index contributed by atoms with van der Waals surface area (Å²) in [7, 11) is 0. The van der Waals surface area contributed by atoms with Crippen molar-refractivity contribution < 1.29 is 0 Å². The van der Waals surface area contributed by atoms with Crippen molar-refractivity contribution in [3.8, 4) is 0 Å². The van der Waals surface area contributed by atoms with Crippen LogP contribution in [0.5, 0.6) is 0 Å². The largest absolute Gasteiger partial charge is 0.0885 e. The molecule has 0 aromatic carbocycles. The first-order chi connectivity index (χ1) is 31.1. The van der Waals surface area contributed by atoms with Crippen LogP contribution >= 0.6 is 0 Å². The van der Waals surface area contributed by atoms with Crippen LogP contribution in [0.25, 0.3) is 0 Å². The first-order valence-electron chi connectivity index (χ1n) is 28.7. The molecule has 0 aromatic rings. The maximum absolute atomic E-state index is 2.82. The summed E-state index contributed by atoms with van der Waals surface area (Å²) in [5, 5.41) is 0. The molecule has 366 valence electrons. The molecule has 0 heterocycles. The molecule has 63 heavy (non-hydrogen) atoms. The van der Waals surface area contributed by atoms with Crippen LogP contribution in [0.2, 0.25) is 0 Å². The topological polar surface area (TPSA) is 0 Å². The molecule has 0 N–H and O–H groups in total. The third kappa shape index (κ3) is 37.0. The average molecular weight is 872 g/mol.